The predicted octanol–water partition coefficient (Wildman–Crippen LogP) is 1.78. The third kappa shape index (κ3) is 3.69. The molecule has 0 spiro atoms. The van der Waals surface area contributed by atoms with Gasteiger partial charge in [0.15, 0.2) is 0 Å². The second-order valence-corrected chi connectivity index (χ2v) is 5.63. The summed E-state index contributed by atoms with van der Waals surface area (Å²) in [6.07, 6.45) is 1.60. The number of nitrogens with zero attached hydrogens (tertiary/aromatic N) is 1. The zero-order chi connectivity index (χ0) is 13.7. The van der Waals surface area contributed by atoms with Gasteiger partial charge in [0.2, 0.25) is 0 Å². The lowest BCUT2D eigenvalue weighted by atomic mass is 10.2. The summed E-state index contributed by atoms with van der Waals surface area (Å²) in [7, 11) is 0.523. The molecular weight excluding hydrogens is 256 g/mol. The highest BCUT2D eigenvalue weighted by molar-refractivity contribution is 7.84. The van der Waals surface area contributed by atoms with E-state index in [2.05, 4.69) is 5.32 Å². The van der Waals surface area contributed by atoms with Crippen molar-refractivity contribution in [3.63, 3.8) is 0 Å². The second kappa shape index (κ2) is 6.34. The second-order valence-electron chi connectivity index (χ2n) is 3.83. The highest BCUT2D eigenvalue weighted by Gasteiger charge is 2.15. The molecule has 1 N–H and O–H groups in total. The average Bonchev–Trinajstić information content (AvgIpc) is 2.34. The van der Waals surface area contributed by atoms with E-state index in [0.29, 0.717) is 18.0 Å². The first-order valence-corrected chi connectivity index (χ1v) is 6.96. The van der Waals surface area contributed by atoms with Crippen LogP contribution in [0.1, 0.15) is 6.92 Å². The Kier molecular flexibility index (Phi) is 5.08. The standard InChI is InChI=1S/C11H16N2O4S/c1-8(18(3)16)7-12-10-6-9(17-2)4-5-11(10)13(14)15/h4-6,8,12H,7H2,1-3H3. The van der Waals surface area contributed by atoms with E-state index in [1.165, 1.54) is 19.2 Å². The summed E-state index contributed by atoms with van der Waals surface area (Å²) in [6.45, 7) is 2.21. The lowest BCUT2D eigenvalue weighted by molar-refractivity contribution is -0.384. The van der Waals surface area contributed by atoms with E-state index in [9.17, 15) is 14.3 Å². The van der Waals surface area contributed by atoms with Crippen LogP contribution in [0.4, 0.5) is 11.4 Å². The van der Waals surface area contributed by atoms with Gasteiger partial charge in [0.1, 0.15) is 11.4 Å². The molecule has 0 saturated carbocycles. The molecular formula is C11H16N2O4S. The maximum Gasteiger partial charge on any atom is 0.292 e. The van der Waals surface area contributed by atoms with Crippen molar-refractivity contribution < 1.29 is 13.9 Å². The Morgan fingerprint density at radius 2 is 2.22 bits per heavy atom. The molecule has 0 heterocycles. The fourth-order valence-electron chi connectivity index (χ4n) is 1.31. The first-order valence-electron chi connectivity index (χ1n) is 5.34. The molecule has 2 unspecified atom stereocenters. The number of methoxy groups -OCH3 is 1. The first kappa shape index (κ1) is 14.4. The summed E-state index contributed by atoms with van der Waals surface area (Å²) in [4.78, 5) is 10.4. The van der Waals surface area contributed by atoms with E-state index < -0.39 is 15.7 Å². The Morgan fingerprint density at radius 3 is 2.72 bits per heavy atom. The number of hydrogen-bond acceptors (Lipinski definition) is 5. The van der Waals surface area contributed by atoms with Gasteiger partial charge in [0.25, 0.3) is 5.69 Å². The van der Waals surface area contributed by atoms with Crippen LogP contribution in [0, 0.1) is 10.1 Å². The van der Waals surface area contributed by atoms with Gasteiger partial charge in [0.05, 0.1) is 12.0 Å². The van der Waals surface area contributed by atoms with Crippen LogP contribution < -0.4 is 10.1 Å². The molecule has 0 aliphatic carbocycles. The maximum absolute atomic E-state index is 11.2. The topological polar surface area (TPSA) is 81.5 Å². The highest BCUT2D eigenvalue weighted by atomic mass is 32.2. The van der Waals surface area contributed by atoms with E-state index in [1.807, 2.05) is 6.92 Å². The Hall–Kier alpha value is -1.63. The number of ether oxygens (including phenoxy) is 1. The van der Waals surface area contributed by atoms with Gasteiger partial charge in [-0.25, -0.2) is 0 Å². The van der Waals surface area contributed by atoms with Gasteiger partial charge in [-0.05, 0) is 13.0 Å². The smallest absolute Gasteiger partial charge is 0.292 e. The molecule has 0 radical (unpaired) electrons. The summed E-state index contributed by atoms with van der Waals surface area (Å²) >= 11 is 0. The molecule has 1 aromatic rings. The number of benzene rings is 1. The third-order valence-corrected chi connectivity index (χ3v) is 3.85. The van der Waals surface area contributed by atoms with Crippen molar-refractivity contribution >= 4 is 22.2 Å². The van der Waals surface area contributed by atoms with Gasteiger partial charge in [-0.2, -0.15) is 0 Å². The Labute approximate surface area is 108 Å². The summed E-state index contributed by atoms with van der Waals surface area (Å²) < 4.78 is 16.2. The number of rotatable bonds is 6. The van der Waals surface area contributed by atoms with Crippen LogP contribution in [-0.2, 0) is 10.8 Å². The largest absolute Gasteiger partial charge is 0.497 e. The fraction of sp³-hybridized carbons (Fsp3) is 0.455. The molecule has 2 atom stereocenters. The molecule has 1 aromatic carbocycles. The maximum atomic E-state index is 11.2. The van der Waals surface area contributed by atoms with Crippen LogP contribution in [0.25, 0.3) is 0 Å². The lowest BCUT2D eigenvalue weighted by Crippen LogP contribution is -2.21. The molecule has 0 aliphatic rings. The Bertz CT molecular complexity index is 464. The third-order valence-electron chi connectivity index (χ3n) is 2.55. The number of nitro benzene ring substituents is 1. The van der Waals surface area contributed by atoms with Crippen LogP contribution >= 0.6 is 0 Å². The van der Waals surface area contributed by atoms with E-state index >= 15 is 0 Å². The van der Waals surface area contributed by atoms with Crippen LogP contribution in [0.2, 0.25) is 0 Å². The van der Waals surface area contributed by atoms with E-state index in [-0.39, 0.29) is 10.9 Å². The van der Waals surface area contributed by atoms with E-state index in [1.54, 1.807) is 12.3 Å². The molecule has 0 bridgehead atoms. The lowest BCUT2D eigenvalue weighted by Gasteiger charge is -2.12. The number of anilines is 1. The molecule has 7 heteroatoms. The van der Waals surface area contributed by atoms with Crippen molar-refractivity contribution in [2.75, 3.05) is 25.2 Å². The van der Waals surface area contributed by atoms with Crippen molar-refractivity contribution in [1.29, 1.82) is 0 Å². The van der Waals surface area contributed by atoms with E-state index in [0.717, 1.165) is 0 Å². The van der Waals surface area contributed by atoms with E-state index in [4.69, 9.17) is 4.74 Å². The van der Waals surface area contributed by atoms with Gasteiger partial charge in [-0.15, -0.1) is 0 Å². The monoisotopic (exact) mass is 272 g/mol. The van der Waals surface area contributed by atoms with Crippen molar-refractivity contribution in [3.8, 4) is 5.75 Å². The zero-order valence-corrected chi connectivity index (χ0v) is 11.3. The number of nitro groups is 1. The number of nitrogens with one attached hydrogen (secondary N) is 1. The SMILES string of the molecule is COc1ccc([N+](=O)[O-])c(NCC(C)S(C)=O)c1. The zero-order valence-electron chi connectivity index (χ0n) is 10.5. The summed E-state index contributed by atoms with van der Waals surface area (Å²) in [5.74, 6) is 0.536. The van der Waals surface area contributed by atoms with Crippen LogP contribution in [0.15, 0.2) is 18.2 Å². The minimum atomic E-state index is -0.972. The fourth-order valence-corrected chi connectivity index (χ4v) is 1.63. The van der Waals surface area contributed by atoms with Gasteiger partial charge in [0, 0.05) is 41.0 Å². The van der Waals surface area contributed by atoms with Gasteiger partial charge in [-0.1, -0.05) is 0 Å². The molecule has 0 aromatic heterocycles. The molecule has 0 amide bonds. The molecule has 0 saturated heterocycles. The summed E-state index contributed by atoms with van der Waals surface area (Å²) in [5.41, 5.74) is 0.349. The Morgan fingerprint density at radius 1 is 1.56 bits per heavy atom. The average molecular weight is 272 g/mol. The summed E-state index contributed by atoms with van der Waals surface area (Å²) in [6, 6.07) is 4.48. The first-order chi connectivity index (χ1) is 8.45. The van der Waals surface area contributed by atoms with Crippen molar-refractivity contribution in [1.82, 2.24) is 0 Å². The molecule has 0 fully saturated rings. The minimum Gasteiger partial charge on any atom is -0.497 e. The minimum absolute atomic E-state index is 0.0233. The normalized spacial score (nSPS) is 13.7. The highest BCUT2D eigenvalue weighted by Crippen LogP contribution is 2.28. The van der Waals surface area contributed by atoms with Crippen LogP contribution in [0.5, 0.6) is 5.75 Å². The molecule has 18 heavy (non-hydrogen) atoms. The van der Waals surface area contributed by atoms with Gasteiger partial charge >= 0.3 is 0 Å². The van der Waals surface area contributed by atoms with Gasteiger partial charge < -0.3 is 10.1 Å². The Balaban J connectivity index is 2.90. The van der Waals surface area contributed by atoms with Gasteiger partial charge in [-0.3, -0.25) is 14.3 Å². The quantitative estimate of drug-likeness (QED) is 0.630. The van der Waals surface area contributed by atoms with Crippen LogP contribution in [-0.4, -0.2) is 34.3 Å². The molecule has 1 rings (SSSR count). The molecule has 100 valence electrons. The predicted molar refractivity (Wildman–Crippen MR) is 71.7 cm³/mol. The van der Waals surface area contributed by atoms with Crippen molar-refractivity contribution in [2.45, 2.75) is 12.2 Å². The number of hydrogen-bond donors (Lipinski definition) is 1. The van der Waals surface area contributed by atoms with Crippen molar-refractivity contribution in [3.05, 3.63) is 28.3 Å². The summed E-state index contributed by atoms with van der Waals surface area (Å²) in [5, 5.41) is 13.7. The molecule has 6 nitrogen and oxygen atoms in total. The molecule has 0 aliphatic heterocycles. The van der Waals surface area contributed by atoms with Crippen molar-refractivity contribution in [2.24, 2.45) is 0 Å². The van der Waals surface area contributed by atoms with Crippen LogP contribution in [0.3, 0.4) is 0 Å².